The zero-order chi connectivity index (χ0) is 17.7. The minimum absolute atomic E-state index is 0.0338. The molecule has 0 bridgehead atoms. The number of hydrogen-bond donors (Lipinski definition) is 0. The second kappa shape index (κ2) is 8.32. The maximum Gasteiger partial charge on any atom is 0.262 e. The topological polar surface area (TPSA) is 61.9 Å². The molecular formula is C18H24N4OS. The zero-order valence-corrected chi connectivity index (χ0v) is 15.5. The number of rotatable bonds is 7. The van der Waals surface area contributed by atoms with Crippen LogP contribution in [-0.4, -0.2) is 38.8 Å². The van der Waals surface area contributed by atoms with Crippen LogP contribution < -0.4 is 5.56 Å². The highest BCUT2D eigenvalue weighted by atomic mass is 32.2. The van der Waals surface area contributed by atoms with E-state index in [0.717, 1.165) is 6.54 Å². The van der Waals surface area contributed by atoms with E-state index in [0.29, 0.717) is 34.7 Å². The van der Waals surface area contributed by atoms with Crippen LogP contribution in [-0.2, 0) is 6.54 Å². The number of aromatic nitrogens is 2. The molecule has 0 unspecified atom stereocenters. The monoisotopic (exact) mass is 344 g/mol. The molecule has 2 rings (SSSR count). The summed E-state index contributed by atoms with van der Waals surface area (Å²) in [5.74, 6) is 0.281. The minimum Gasteiger partial charge on any atom is -0.297 e. The standard InChI is InChI=1S/C18H24N4OS/c1-13(2)21(14(3)4)10-11-22-17(23)15-7-5-6-8-16(15)20-18(22)24-12-9-19/h5-8,13-14H,10-12H2,1-4H3. The number of para-hydroxylation sites is 1. The first-order valence-electron chi connectivity index (χ1n) is 8.20. The van der Waals surface area contributed by atoms with Gasteiger partial charge < -0.3 is 0 Å². The van der Waals surface area contributed by atoms with E-state index >= 15 is 0 Å². The maximum atomic E-state index is 12.9. The molecule has 0 fully saturated rings. The van der Waals surface area contributed by atoms with Gasteiger partial charge in [0.2, 0.25) is 0 Å². The van der Waals surface area contributed by atoms with Gasteiger partial charge in [-0.3, -0.25) is 14.3 Å². The number of hydrogen-bond acceptors (Lipinski definition) is 5. The lowest BCUT2D eigenvalue weighted by Gasteiger charge is -2.30. The number of thioether (sulfide) groups is 1. The normalized spacial score (nSPS) is 11.6. The van der Waals surface area contributed by atoms with Crippen molar-refractivity contribution in [2.24, 2.45) is 0 Å². The highest BCUT2D eigenvalue weighted by Gasteiger charge is 2.16. The molecule has 128 valence electrons. The van der Waals surface area contributed by atoms with Crippen molar-refractivity contribution < 1.29 is 0 Å². The van der Waals surface area contributed by atoms with Gasteiger partial charge in [0.1, 0.15) is 0 Å². The fourth-order valence-electron chi connectivity index (χ4n) is 2.88. The molecule has 0 radical (unpaired) electrons. The first-order chi connectivity index (χ1) is 11.5. The Morgan fingerprint density at radius 1 is 1.25 bits per heavy atom. The molecule has 0 amide bonds. The van der Waals surface area contributed by atoms with Gasteiger partial charge in [0.15, 0.2) is 5.16 Å². The average molecular weight is 344 g/mol. The van der Waals surface area contributed by atoms with Crippen molar-refractivity contribution in [2.75, 3.05) is 12.3 Å². The molecule has 1 aromatic heterocycles. The molecule has 24 heavy (non-hydrogen) atoms. The molecule has 0 aliphatic heterocycles. The molecule has 1 aromatic carbocycles. The first kappa shape index (κ1) is 18.5. The van der Waals surface area contributed by atoms with Crippen LogP contribution in [0.5, 0.6) is 0 Å². The molecule has 0 saturated heterocycles. The highest BCUT2D eigenvalue weighted by Crippen LogP contribution is 2.17. The summed E-state index contributed by atoms with van der Waals surface area (Å²) >= 11 is 1.32. The Labute approximate surface area is 147 Å². The largest absolute Gasteiger partial charge is 0.297 e. The molecule has 1 heterocycles. The van der Waals surface area contributed by atoms with Crippen LogP contribution in [0.3, 0.4) is 0 Å². The van der Waals surface area contributed by atoms with Gasteiger partial charge in [-0.05, 0) is 39.8 Å². The number of nitrogens with zero attached hydrogens (tertiary/aromatic N) is 4. The fraction of sp³-hybridized carbons (Fsp3) is 0.500. The van der Waals surface area contributed by atoms with E-state index in [1.54, 1.807) is 4.57 Å². The summed E-state index contributed by atoms with van der Waals surface area (Å²) in [7, 11) is 0. The first-order valence-corrected chi connectivity index (χ1v) is 9.19. The summed E-state index contributed by atoms with van der Waals surface area (Å²) in [4.78, 5) is 19.8. The summed E-state index contributed by atoms with van der Waals surface area (Å²) in [6.07, 6.45) is 0. The second-order valence-electron chi connectivity index (χ2n) is 6.24. The second-order valence-corrected chi connectivity index (χ2v) is 7.18. The van der Waals surface area contributed by atoms with Crippen LogP contribution in [0, 0.1) is 11.3 Å². The van der Waals surface area contributed by atoms with Crippen molar-refractivity contribution in [1.29, 1.82) is 5.26 Å². The molecule has 0 N–H and O–H groups in total. The van der Waals surface area contributed by atoms with Gasteiger partial charge in [-0.15, -0.1) is 0 Å². The Balaban J connectivity index is 2.41. The Kier molecular flexibility index (Phi) is 6.41. The van der Waals surface area contributed by atoms with Gasteiger partial charge >= 0.3 is 0 Å². The van der Waals surface area contributed by atoms with Crippen molar-refractivity contribution in [2.45, 2.75) is 51.5 Å². The van der Waals surface area contributed by atoms with Gasteiger partial charge in [0, 0.05) is 25.2 Å². The van der Waals surface area contributed by atoms with Crippen molar-refractivity contribution in [3.63, 3.8) is 0 Å². The Bertz CT molecular complexity index is 784. The van der Waals surface area contributed by atoms with Crippen molar-refractivity contribution >= 4 is 22.7 Å². The summed E-state index contributed by atoms with van der Waals surface area (Å²) in [6.45, 7) is 9.98. The fourth-order valence-corrected chi connectivity index (χ4v) is 3.57. The molecule has 0 aliphatic carbocycles. The van der Waals surface area contributed by atoms with Gasteiger partial charge in [-0.25, -0.2) is 4.98 Å². The van der Waals surface area contributed by atoms with Crippen LogP contribution in [0.4, 0.5) is 0 Å². The third-order valence-corrected chi connectivity index (χ3v) is 4.84. The van der Waals surface area contributed by atoms with Gasteiger partial charge in [0.25, 0.3) is 5.56 Å². The van der Waals surface area contributed by atoms with Gasteiger partial charge in [-0.2, -0.15) is 5.26 Å². The van der Waals surface area contributed by atoms with E-state index in [1.165, 1.54) is 11.8 Å². The van der Waals surface area contributed by atoms with Crippen LogP contribution in [0.1, 0.15) is 27.7 Å². The molecule has 0 atom stereocenters. The number of fused-ring (bicyclic) bond motifs is 1. The highest BCUT2D eigenvalue weighted by molar-refractivity contribution is 7.99. The molecule has 6 heteroatoms. The van der Waals surface area contributed by atoms with Crippen molar-refractivity contribution in [3.05, 3.63) is 34.6 Å². The molecule has 5 nitrogen and oxygen atoms in total. The maximum absolute atomic E-state index is 12.9. The SMILES string of the molecule is CC(C)N(CCn1c(SCC#N)nc2ccccc2c1=O)C(C)C. The van der Waals surface area contributed by atoms with Crippen LogP contribution in [0.2, 0.25) is 0 Å². The van der Waals surface area contributed by atoms with Crippen LogP contribution in [0.25, 0.3) is 10.9 Å². The Morgan fingerprint density at radius 3 is 2.54 bits per heavy atom. The van der Waals surface area contributed by atoms with Crippen LogP contribution in [0.15, 0.2) is 34.2 Å². The van der Waals surface area contributed by atoms with E-state index in [2.05, 4.69) is 43.6 Å². The summed E-state index contributed by atoms with van der Waals surface area (Å²) in [5.41, 5.74) is 0.650. The van der Waals surface area contributed by atoms with E-state index in [4.69, 9.17) is 5.26 Å². The molecule has 0 saturated carbocycles. The lowest BCUT2D eigenvalue weighted by atomic mass is 10.2. The minimum atomic E-state index is -0.0338. The lowest BCUT2D eigenvalue weighted by molar-refractivity contribution is 0.166. The summed E-state index contributed by atoms with van der Waals surface area (Å²) < 4.78 is 1.71. The smallest absolute Gasteiger partial charge is 0.262 e. The van der Waals surface area contributed by atoms with Crippen molar-refractivity contribution in [3.8, 4) is 6.07 Å². The average Bonchev–Trinajstić information content (AvgIpc) is 2.54. The quantitative estimate of drug-likeness (QED) is 0.570. The third kappa shape index (κ3) is 4.16. The lowest BCUT2D eigenvalue weighted by Crippen LogP contribution is -2.40. The van der Waals surface area contributed by atoms with Gasteiger partial charge in [-0.1, -0.05) is 23.9 Å². The van der Waals surface area contributed by atoms with Crippen molar-refractivity contribution in [1.82, 2.24) is 14.5 Å². The predicted octanol–water partition coefficient (Wildman–Crippen LogP) is 3.13. The Morgan fingerprint density at radius 2 is 1.92 bits per heavy atom. The predicted molar refractivity (Wildman–Crippen MR) is 99.3 cm³/mol. The Hall–Kier alpha value is -1.84. The summed E-state index contributed by atoms with van der Waals surface area (Å²) in [6, 6.07) is 10.3. The number of benzene rings is 1. The molecular weight excluding hydrogens is 320 g/mol. The van der Waals surface area contributed by atoms with E-state index in [9.17, 15) is 4.79 Å². The number of nitriles is 1. The van der Waals surface area contributed by atoms with E-state index in [-0.39, 0.29) is 11.3 Å². The molecule has 0 aliphatic rings. The van der Waals surface area contributed by atoms with Gasteiger partial charge in [0.05, 0.1) is 22.7 Å². The summed E-state index contributed by atoms with van der Waals surface area (Å²) in [5, 5.41) is 10.1. The zero-order valence-electron chi connectivity index (χ0n) is 14.7. The third-order valence-electron chi connectivity index (χ3n) is 4.00. The van der Waals surface area contributed by atoms with E-state index < -0.39 is 0 Å². The molecule has 2 aromatic rings. The molecule has 0 spiro atoms. The van der Waals surface area contributed by atoms with Crippen LogP contribution >= 0.6 is 11.8 Å². The van der Waals surface area contributed by atoms with E-state index in [1.807, 2.05) is 24.3 Å².